The molecule has 0 bridgehead atoms. The largest absolute Gasteiger partial charge is 0.392 e. The van der Waals surface area contributed by atoms with Gasteiger partial charge in [-0.15, -0.1) is 24.8 Å². The fourth-order valence-corrected chi connectivity index (χ4v) is 1.52. The van der Waals surface area contributed by atoms with Crippen molar-refractivity contribution in [1.82, 2.24) is 10.6 Å². The Labute approximate surface area is 97.3 Å². The highest BCUT2D eigenvalue weighted by Crippen LogP contribution is 2.11. The summed E-state index contributed by atoms with van der Waals surface area (Å²) in [5.74, 6) is 0. The second kappa shape index (κ2) is 8.71. The van der Waals surface area contributed by atoms with Gasteiger partial charge in [-0.25, -0.2) is 0 Å². The van der Waals surface area contributed by atoms with E-state index in [9.17, 15) is 10.2 Å². The first-order valence-corrected chi connectivity index (χ1v) is 4.49. The molecule has 6 heteroatoms. The molecule has 0 aliphatic carbocycles. The van der Waals surface area contributed by atoms with Gasteiger partial charge in [-0.3, -0.25) is 5.32 Å². The molecule has 0 aromatic rings. The minimum absolute atomic E-state index is 0. The maximum Gasteiger partial charge on any atom is 0.104 e. The zero-order valence-corrected chi connectivity index (χ0v) is 9.90. The van der Waals surface area contributed by atoms with Crippen LogP contribution in [-0.2, 0) is 0 Å². The molecule has 0 amide bonds. The molecule has 1 rings (SSSR count). The quantitative estimate of drug-likeness (QED) is 0.523. The summed E-state index contributed by atoms with van der Waals surface area (Å²) in [4.78, 5) is 0. The van der Waals surface area contributed by atoms with Crippen LogP contribution in [0.15, 0.2) is 0 Å². The van der Waals surface area contributed by atoms with Crippen molar-refractivity contribution in [2.45, 2.75) is 37.6 Å². The van der Waals surface area contributed by atoms with Gasteiger partial charge in [0.05, 0.1) is 6.10 Å². The van der Waals surface area contributed by atoms with Crippen molar-refractivity contribution in [2.75, 3.05) is 13.6 Å². The van der Waals surface area contributed by atoms with Crippen molar-refractivity contribution >= 4 is 24.8 Å². The van der Waals surface area contributed by atoms with Crippen LogP contribution < -0.4 is 10.6 Å². The zero-order chi connectivity index (χ0) is 8.97. The van der Waals surface area contributed by atoms with Crippen molar-refractivity contribution in [3.63, 3.8) is 0 Å². The van der Waals surface area contributed by atoms with Crippen molar-refractivity contribution in [2.24, 2.45) is 0 Å². The molecule has 4 nitrogen and oxygen atoms in total. The van der Waals surface area contributed by atoms with Crippen LogP contribution in [0.4, 0.5) is 0 Å². The van der Waals surface area contributed by atoms with Crippen molar-refractivity contribution in [3.05, 3.63) is 0 Å². The molecule has 0 unspecified atom stereocenters. The number of rotatable bonds is 4. The summed E-state index contributed by atoms with van der Waals surface area (Å²) in [7, 11) is 1.74. The molecule has 88 valence electrons. The standard InChI is InChI=1S/C8H18N2O2.2ClH/c1-9-8(12)3-2-6-4-7(11)5-10-6;;/h6-12H,2-5H2,1H3;2*1H/t6-,7+,8+;;/m0../s1. The Balaban J connectivity index is 0. The Hall–Kier alpha value is 0.420. The summed E-state index contributed by atoms with van der Waals surface area (Å²) in [6, 6.07) is 0.378. The maximum atomic E-state index is 9.18. The van der Waals surface area contributed by atoms with Gasteiger partial charge >= 0.3 is 0 Å². The van der Waals surface area contributed by atoms with Gasteiger partial charge < -0.3 is 15.5 Å². The Morgan fingerprint density at radius 2 is 2.14 bits per heavy atom. The minimum Gasteiger partial charge on any atom is -0.392 e. The average molecular weight is 247 g/mol. The van der Waals surface area contributed by atoms with Gasteiger partial charge in [-0.1, -0.05) is 0 Å². The summed E-state index contributed by atoms with van der Waals surface area (Å²) < 4.78 is 0. The van der Waals surface area contributed by atoms with Gasteiger partial charge in [0.2, 0.25) is 0 Å². The third kappa shape index (κ3) is 6.01. The van der Waals surface area contributed by atoms with Crippen LogP contribution >= 0.6 is 24.8 Å². The number of nitrogens with one attached hydrogen (secondary N) is 2. The molecule has 1 heterocycles. The normalized spacial score (nSPS) is 27.6. The molecule has 1 aliphatic heterocycles. The summed E-state index contributed by atoms with van der Waals surface area (Å²) in [6.07, 6.45) is 1.86. The highest BCUT2D eigenvalue weighted by atomic mass is 35.5. The maximum absolute atomic E-state index is 9.18. The molecule has 14 heavy (non-hydrogen) atoms. The highest BCUT2D eigenvalue weighted by Gasteiger charge is 2.21. The summed E-state index contributed by atoms with van der Waals surface area (Å²) in [5.41, 5.74) is 0. The van der Waals surface area contributed by atoms with E-state index in [1.54, 1.807) is 7.05 Å². The molecule has 1 aliphatic rings. The number of hydrogen-bond acceptors (Lipinski definition) is 4. The number of aliphatic hydroxyl groups is 2. The molecule has 3 atom stereocenters. The van der Waals surface area contributed by atoms with E-state index < -0.39 is 6.23 Å². The molecule has 0 spiro atoms. The first kappa shape index (κ1) is 16.8. The number of hydrogen-bond donors (Lipinski definition) is 4. The van der Waals surface area contributed by atoms with E-state index in [2.05, 4.69) is 10.6 Å². The lowest BCUT2D eigenvalue weighted by Crippen LogP contribution is -2.28. The van der Waals surface area contributed by atoms with Crippen LogP contribution in [0.2, 0.25) is 0 Å². The molecule has 4 N–H and O–H groups in total. The fraction of sp³-hybridized carbons (Fsp3) is 1.00. The Morgan fingerprint density at radius 1 is 1.50 bits per heavy atom. The number of halogens is 2. The lowest BCUT2D eigenvalue weighted by molar-refractivity contribution is 0.130. The summed E-state index contributed by atoms with van der Waals surface area (Å²) >= 11 is 0. The van der Waals surface area contributed by atoms with Gasteiger partial charge in [-0.2, -0.15) is 0 Å². The minimum atomic E-state index is -0.412. The molecule has 0 aromatic heterocycles. The second-order valence-electron chi connectivity index (χ2n) is 3.38. The van der Waals surface area contributed by atoms with Gasteiger partial charge in [-0.05, 0) is 26.3 Å². The van der Waals surface area contributed by atoms with Crippen LogP contribution in [0, 0.1) is 0 Å². The third-order valence-corrected chi connectivity index (χ3v) is 2.32. The van der Waals surface area contributed by atoms with E-state index in [1.807, 2.05) is 0 Å². The molecular formula is C8H20Cl2N2O2. The Morgan fingerprint density at radius 3 is 2.57 bits per heavy atom. The highest BCUT2D eigenvalue weighted by molar-refractivity contribution is 5.85. The predicted molar refractivity (Wildman–Crippen MR) is 61.2 cm³/mol. The average Bonchev–Trinajstić information content (AvgIpc) is 2.47. The van der Waals surface area contributed by atoms with Crippen molar-refractivity contribution in [3.8, 4) is 0 Å². The van der Waals surface area contributed by atoms with E-state index in [4.69, 9.17) is 0 Å². The van der Waals surface area contributed by atoms with Gasteiger partial charge in [0, 0.05) is 12.6 Å². The van der Waals surface area contributed by atoms with Crippen LogP contribution in [0.3, 0.4) is 0 Å². The summed E-state index contributed by atoms with van der Waals surface area (Å²) in [6.45, 7) is 0.695. The van der Waals surface area contributed by atoms with Gasteiger partial charge in [0.1, 0.15) is 6.23 Å². The predicted octanol–water partition coefficient (Wildman–Crippen LogP) is -0.129. The van der Waals surface area contributed by atoms with Gasteiger partial charge in [0.25, 0.3) is 0 Å². The fourth-order valence-electron chi connectivity index (χ4n) is 1.52. The van der Waals surface area contributed by atoms with E-state index in [0.29, 0.717) is 12.6 Å². The van der Waals surface area contributed by atoms with E-state index in [1.165, 1.54) is 0 Å². The molecule has 0 aromatic carbocycles. The Bertz CT molecular complexity index is 141. The van der Waals surface area contributed by atoms with Gasteiger partial charge in [0.15, 0.2) is 0 Å². The smallest absolute Gasteiger partial charge is 0.104 e. The number of β-amino-alcohol motifs (C(OH)–C–C–N with tert-alkyl or cyclic N) is 1. The molecule has 0 radical (unpaired) electrons. The first-order chi connectivity index (χ1) is 5.72. The SMILES string of the molecule is CN[C@H](O)CC[C@H]1C[C@@H](O)CN1.Cl.Cl. The molecule has 1 fully saturated rings. The summed E-state index contributed by atoms with van der Waals surface area (Å²) in [5, 5.41) is 24.3. The molecule has 1 saturated heterocycles. The third-order valence-electron chi connectivity index (χ3n) is 2.32. The lowest BCUT2D eigenvalue weighted by Gasteiger charge is -2.13. The zero-order valence-electron chi connectivity index (χ0n) is 8.27. The van der Waals surface area contributed by atoms with E-state index in [-0.39, 0.29) is 30.9 Å². The van der Waals surface area contributed by atoms with Crippen molar-refractivity contribution in [1.29, 1.82) is 0 Å². The second-order valence-corrected chi connectivity index (χ2v) is 3.38. The molecule has 0 saturated carbocycles. The lowest BCUT2D eigenvalue weighted by atomic mass is 10.1. The topological polar surface area (TPSA) is 64.5 Å². The number of aliphatic hydroxyl groups excluding tert-OH is 2. The van der Waals surface area contributed by atoms with Crippen LogP contribution in [0.25, 0.3) is 0 Å². The van der Waals surface area contributed by atoms with E-state index in [0.717, 1.165) is 19.3 Å². The van der Waals surface area contributed by atoms with Crippen LogP contribution in [0.5, 0.6) is 0 Å². The van der Waals surface area contributed by atoms with Crippen LogP contribution in [-0.4, -0.2) is 42.2 Å². The van der Waals surface area contributed by atoms with E-state index >= 15 is 0 Å². The monoisotopic (exact) mass is 246 g/mol. The first-order valence-electron chi connectivity index (χ1n) is 4.49. The molecular weight excluding hydrogens is 227 g/mol. The Kier molecular flexibility index (Phi) is 10.5. The van der Waals surface area contributed by atoms with Crippen LogP contribution in [0.1, 0.15) is 19.3 Å². The van der Waals surface area contributed by atoms with Crippen molar-refractivity contribution < 1.29 is 10.2 Å².